The molecule has 0 unspecified atom stereocenters. The maximum absolute atomic E-state index is 12.6. The summed E-state index contributed by atoms with van der Waals surface area (Å²) in [6.45, 7) is 0. The van der Waals surface area contributed by atoms with E-state index >= 15 is 0 Å². The molecule has 0 aliphatic heterocycles. The highest BCUT2D eigenvalue weighted by atomic mass is 16.3. The van der Waals surface area contributed by atoms with E-state index in [1.54, 1.807) is 38.5 Å². The molecule has 28 heavy (non-hydrogen) atoms. The lowest BCUT2D eigenvalue weighted by molar-refractivity contribution is 0.0563. The molecule has 1 fully saturated rings. The van der Waals surface area contributed by atoms with Gasteiger partial charge in [-0.15, -0.1) is 0 Å². The first-order chi connectivity index (χ1) is 13.5. The summed E-state index contributed by atoms with van der Waals surface area (Å²) < 4.78 is 2.99. The summed E-state index contributed by atoms with van der Waals surface area (Å²) in [7, 11) is 3.40. The van der Waals surface area contributed by atoms with Crippen LogP contribution < -0.4 is 21.5 Å². The third-order valence-electron chi connectivity index (χ3n) is 4.81. The summed E-state index contributed by atoms with van der Waals surface area (Å²) in [5, 5.41) is 22.5. The van der Waals surface area contributed by atoms with E-state index in [1.807, 2.05) is 0 Å². The molecular formula is C18H21N7O3. The Labute approximate surface area is 160 Å². The highest BCUT2D eigenvalue weighted by molar-refractivity contribution is 6.00. The molecule has 1 aliphatic carbocycles. The highest BCUT2D eigenvalue weighted by Gasteiger charge is 2.29. The van der Waals surface area contributed by atoms with Crippen molar-refractivity contribution in [3.05, 3.63) is 46.5 Å². The molecule has 1 amide bonds. The van der Waals surface area contributed by atoms with Gasteiger partial charge in [-0.05, 0) is 25.0 Å². The van der Waals surface area contributed by atoms with E-state index in [-0.39, 0.29) is 23.6 Å². The van der Waals surface area contributed by atoms with E-state index in [4.69, 9.17) is 0 Å². The van der Waals surface area contributed by atoms with E-state index in [0.717, 1.165) is 0 Å². The summed E-state index contributed by atoms with van der Waals surface area (Å²) in [4.78, 5) is 29.4. The maximum atomic E-state index is 12.6. The average molecular weight is 383 g/mol. The molecule has 4 rings (SSSR count). The number of aromatic nitrogens is 4. The Kier molecular flexibility index (Phi) is 4.47. The van der Waals surface area contributed by atoms with E-state index in [2.05, 4.69) is 26.0 Å². The van der Waals surface area contributed by atoms with E-state index in [0.29, 0.717) is 41.4 Å². The fraction of sp³-hybridized carbons (Fsp3) is 0.333. The number of hydrogen-bond donors (Lipinski definition) is 4. The molecule has 10 heteroatoms. The van der Waals surface area contributed by atoms with Gasteiger partial charge in [0.05, 0.1) is 12.3 Å². The van der Waals surface area contributed by atoms with Crippen LogP contribution in [0.15, 0.2) is 35.4 Å². The number of pyridine rings is 1. The largest absolute Gasteiger partial charge is 0.393 e. The quantitative estimate of drug-likeness (QED) is 0.504. The van der Waals surface area contributed by atoms with E-state index in [1.165, 1.54) is 15.3 Å². The molecule has 3 aromatic rings. The van der Waals surface area contributed by atoms with Crippen LogP contribution in [-0.2, 0) is 7.05 Å². The minimum absolute atomic E-state index is 0.0464. The number of nitrogens with zero attached hydrogens (tertiary/aromatic N) is 4. The van der Waals surface area contributed by atoms with Crippen molar-refractivity contribution in [1.82, 2.24) is 24.5 Å². The number of carbonyl (C=O) groups excluding carboxylic acids is 1. The lowest BCUT2D eigenvalue weighted by Gasteiger charge is -2.31. The zero-order chi connectivity index (χ0) is 19.8. The molecule has 0 radical (unpaired) electrons. The lowest BCUT2D eigenvalue weighted by atomic mass is 9.89. The van der Waals surface area contributed by atoms with Gasteiger partial charge in [0.25, 0.3) is 11.5 Å². The Hall–Kier alpha value is -3.40. The van der Waals surface area contributed by atoms with Gasteiger partial charge in [0.1, 0.15) is 22.9 Å². The van der Waals surface area contributed by atoms with Crippen molar-refractivity contribution in [3.8, 4) is 0 Å². The van der Waals surface area contributed by atoms with Crippen LogP contribution in [0.2, 0.25) is 0 Å². The van der Waals surface area contributed by atoms with Gasteiger partial charge in [0.15, 0.2) is 5.65 Å². The molecule has 0 aromatic carbocycles. The van der Waals surface area contributed by atoms with Crippen molar-refractivity contribution in [1.29, 1.82) is 0 Å². The molecule has 1 saturated carbocycles. The van der Waals surface area contributed by atoms with Crippen molar-refractivity contribution < 1.29 is 9.90 Å². The number of aliphatic hydroxyl groups excluding tert-OH is 1. The second-order valence-electron chi connectivity index (χ2n) is 6.83. The first-order valence-electron chi connectivity index (χ1n) is 8.94. The van der Waals surface area contributed by atoms with Crippen LogP contribution in [0.1, 0.15) is 23.2 Å². The molecule has 3 heterocycles. The van der Waals surface area contributed by atoms with Crippen LogP contribution in [0.3, 0.4) is 0 Å². The van der Waals surface area contributed by atoms with Gasteiger partial charge in [0.2, 0.25) is 0 Å². The number of carbonyl (C=O) groups is 1. The topological polar surface area (TPSA) is 126 Å². The minimum Gasteiger partial charge on any atom is -0.393 e. The second kappa shape index (κ2) is 6.97. The number of aryl methyl sites for hydroxylation is 1. The Bertz CT molecular complexity index is 1100. The molecule has 10 nitrogen and oxygen atoms in total. The summed E-state index contributed by atoms with van der Waals surface area (Å²) in [5.41, 5.74) is 0.866. The monoisotopic (exact) mass is 383 g/mol. The predicted molar refractivity (Wildman–Crippen MR) is 104 cm³/mol. The molecule has 146 valence electrons. The normalized spacial score (nSPS) is 18.5. The van der Waals surface area contributed by atoms with Gasteiger partial charge in [0, 0.05) is 32.4 Å². The minimum atomic E-state index is -0.354. The van der Waals surface area contributed by atoms with Crippen LogP contribution in [0.4, 0.5) is 17.3 Å². The Morgan fingerprint density at radius 3 is 2.86 bits per heavy atom. The Balaban J connectivity index is 1.69. The van der Waals surface area contributed by atoms with Crippen molar-refractivity contribution >= 4 is 28.9 Å². The number of amides is 1. The molecule has 0 saturated heterocycles. The molecule has 0 spiro atoms. The summed E-state index contributed by atoms with van der Waals surface area (Å²) in [5.74, 6) is 0.723. The fourth-order valence-corrected chi connectivity index (χ4v) is 3.16. The standard InChI is InChI=1S/C18H21N7O3/c1-19-15-8-14(22-13-4-3-5-24(2)18(13)28)23-16-12(9-20-25(15)16)17(27)21-10-6-11(26)7-10/h3-5,8-11,19,26H,6-7H2,1-2H3,(H,21,27)(H,22,23)/t10-,11-. The van der Waals surface area contributed by atoms with Crippen molar-refractivity contribution in [2.75, 3.05) is 17.7 Å². The first-order valence-corrected chi connectivity index (χ1v) is 8.94. The number of fused-ring (bicyclic) bond motifs is 1. The number of aliphatic hydroxyl groups is 1. The van der Waals surface area contributed by atoms with Gasteiger partial charge in [-0.25, -0.2) is 4.98 Å². The van der Waals surface area contributed by atoms with Gasteiger partial charge >= 0.3 is 0 Å². The molecule has 0 atom stereocenters. The second-order valence-corrected chi connectivity index (χ2v) is 6.83. The first kappa shape index (κ1) is 18.0. The zero-order valence-electron chi connectivity index (χ0n) is 15.5. The third-order valence-corrected chi connectivity index (χ3v) is 4.81. The van der Waals surface area contributed by atoms with Crippen LogP contribution in [0.5, 0.6) is 0 Å². The van der Waals surface area contributed by atoms with E-state index < -0.39 is 0 Å². The van der Waals surface area contributed by atoms with Crippen LogP contribution in [-0.4, -0.2) is 49.4 Å². The van der Waals surface area contributed by atoms with E-state index in [9.17, 15) is 14.7 Å². The molecule has 0 bridgehead atoms. The van der Waals surface area contributed by atoms with Crippen molar-refractivity contribution in [2.45, 2.75) is 25.0 Å². The number of nitrogens with one attached hydrogen (secondary N) is 3. The number of anilines is 3. The zero-order valence-corrected chi connectivity index (χ0v) is 15.5. The summed E-state index contributed by atoms with van der Waals surface area (Å²) in [6, 6.07) is 5.08. The summed E-state index contributed by atoms with van der Waals surface area (Å²) >= 11 is 0. The number of hydrogen-bond acceptors (Lipinski definition) is 7. The lowest BCUT2D eigenvalue weighted by Crippen LogP contribution is -2.46. The predicted octanol–water partition coefficient (Wildman–Crippen LogP) is 0.466. The smallest absolute Gasteiger partial charge is 0.274 e. The third kappa shape index (κ3) is 3.18. The summed E-state index contributed by atoms with van der Waals surface area (Å²) in [6.07, 6.45) is 3.86. The van der Waals surface area contributed by atoms with Gasteiger partial charge < -0.3 is 25.6 Å². The molecule has 4 N–H and O–H groups in total. The van der Waals surface area contributed by atoms with Crippen molar-refractivity contribution in [3.63, 3.8) is 0 Å². The van der Waals surface area contributed by atoms with Gasteiger partial charge in [-0.2, -0.15) is 9.61 Å². The number of rotatable bonds is 5. The highest BCUT2D eigenvalue weighted by Crippen LogP contribution is 2.23. The molecular weight excluding hydrogens is 362 g/mol. The molecule has 3 aromatic heterocycles. The molecule has 1 aliphatic rings. The van der Waals surface area contributed by atoms with Gasteiger partial charge in [-0.3, -0.25) is 9.59 Å². The fourth-order valence-electron chi connectivity index (χ4n) is 3.16. The van der Waals surface area contributed by atoms with Crippen LogP contribution in [0.25, 0.3) is 5.65 Å². The maximum Gasteiger partial charge on any atom is 0.274 e. The SMILES string of the molecule is CNc1cc(Nc2cccn(C)c2=O)nc2c(C(=O)N[C@H]3C[C@H](O)C3)cnn12. The average Bonchev–Trinajstić information content (AvgIpc) is 3.07. The van der Waals surface area contributed by atoms with Crippen LogP contribution in [0, 0.1) is 0 Å². The Morgan fingerprint density at radius 2 is 2.14 bits per heavy atom. The van der Waals surface area contributed by atoms with Crippen LogP contribution >= 0.6 is 0 Å². The van der Waals surface area contributed by atoms with Gasteiger partial charge in [-0.1, -0.05) is 0 Å². The Morgan fingerprint density at radius 1 is 1.36 bits per heavy atom. The van der Waals surface area contributed by atoms with Crippen molar-refractivity contribution in [2.24, 2.45) is 7.05 Å².